The molecule has 5 heteroatoms. The zero-order valence-electron chi connectivity index (χ0n) is 10.4. The fraction of sp³-hybridized carbons (Fsp3) is 0.385. The summed E-state index contributed by atoms with van der Waals surface area (Å²) in [5, 5.41) is 2.67. The topological polar surface area (TPSA) is 49.4 Å². The first-order chi connectivity index (χ1) is 8.50. The van der Waals surface area contributed by atoms with Crippen LogP contribution in [0.15, 0.2) is 18.2 Å². The van der Waals surface area contributed by atoms with E-state index >= 15 is 0 Å². The minimum Gasteiger partial charge on any atom is -0.353 e. The molecule has 0 bridgehead atoms. The molecule has 1 aliphatic heterocycles. The van der Waals surface area contributed by atoms with Crippen LogP contribution in [0.2, 0.25) is 0 Å². The van der Waals surface area contributed by atoms with E-state index < -0.39 is 17.8 Å². The average molecular weight is 250 g/mol. The molecule has 0 radical (unpaired) electrons. The summed E-state index contributed by atoms with van der Waals surface area (Å²) in [5.41, 5.74) is 0.774. The van der Waals surface area contributed by atoms with Crippen molar-refractivity contribution in [2.24, 2.45) is 0 Å². The first-order valence-electron chi connectivity index (χ1n) is 5.85. The Kier molecular flexibility index (Phi) is 3.32. The third-order valence-electron chi connectivity index (χ3n) is 3.11. The van der Waals surface area contributed by atoms with E-state index in [9.17, 15) is 14.0 Å². The summed E-state index contributed by atoms with van der Waals surface area (Å²) >= 11 is 0. The fourth-order valence-electron chi connectivity index (χ4n) is 2.01. The molecule has 0 aromatic heterocycles. The lowest BCUT2D eigenvalue weighted by atomic mass is 10.1. The molecule has 0 aliphatic carbocycles. The second-order valence-electron chi connectivity index (χ2n) is 4.45. The van der Waals surface area contributed by atoms with Crippen molar-refractivity contribution >= 4 is 11.8 Å². The Morgan fingerprint density at radius 1 is 1.50 bits per heavy atom. The molecule has 2 rings (SSSR count). The van der Waals surface area contributed by atoms with Crippen LogP contribution in [-0.2, 0) is 4.79 Å². The number of nitrogens with zero attached hydrogens (tertiary/aromatic N) is 1. The van der Waals surface area contributed by atoms with Gasteiger partial charge in [0.2, 0.25) is 5.91 Å². The molecule has 18 heavy (non-hydrogen) atoms. The lowest BCUT2D eigenvalue weighted by molar-refractivity contribution is -0.127. The number of halogens is 1. The fourth-order valence-corrected chi connectivity index (χ4v) is 2.01. The van der Waals surface area contributed by atoms with Gasteiger partial charge in [-0.15, -0.1) is 0 Å². The summed E-state index contributed by atoms with van der Waals surface area (Å²) in [7, 11) is 0. The lowest BCUT2D eigenvalue weighted by Gasteiger charge is -2.32. The minimum absolute atomic E-state index is 0.0159. The highest BCUT2D eigenvalue weighted by Crippen LogP contribution is 2.15. The van der Waals surface area contributed by atoms with Crippen molar-refractivity contribution < 1.29 is 14.0 Å². The Hall–Kier alpha value is -1.91. The van der Waals surface area contributed by atoms with E-state index in [0.717, 1.165) is 5.56 Å². The standard InChI is InChI=1S/C13H15FN2O2/c1-8-3-4-10(11(14)7-8)13(18)16-6-5-15-12(17)9(16)2/h3-4,7,9H,5-6H2,1-2H3,(H,15,17). The number of carbonyl (C=O) groups is 2. The van der Waals surface area contributed by atoms with E-state index in [1.165, 1.54) is 17.0 Å². The first kappa shape index (κ1) is 12.5. The summed E-state index contributed by atoms with van der Waals surface area (Å²) in [6.45, 7) is 4.20. The van der Waals surface area contributed by atoms with Gasteiger partial charge in [-0.2, -0.15) is 0 Å². The summed E-state index contributed by atoms with van der Waals surface area (Å²) < 4.78 is 13.7. The largest absolute Gasteiger partial charge is 0.353 e. The van der Waals surface area contributed by atoms with Crippen molar-refractivity contribution in [3.63, 3.8) is 0 Å². The van der Waals surface area contributed by atoms with Gasteiger partial charge in [-0.3, -0.25) is 9.59 Å². The van der Waals surface area contributed by atoms with Crippen molar-refractivity contribution in [2.45, 2.75) is 19.9 Å². The normalized spacial score (nSPS) is 19.6. The first-order valence-corrected chi connectivity index (χ1v) is 5.85. The number of carbonyl (C=O) groups excluding carboxylic acids is 2. The second kappa shape index (κ2) is 4.76. The number of hydrogen-bond acceptors (Lipinski definition) is 2. The van der Waals surface area contributed by atoms with Gasteiger partial charge in [0.05, 0.1) is 5.56 Å². The van der Waals surface area contributed by atoms with E-state index in [2.05, 4.69) is 5.32 Å². The van der Waals surface area contributed by atoms with Crippen LogP contribution in [0.5, 0.6) is 0 Å². The number of amides is 2. The summed E-state index contributed by atoms with van der Waals surface area (Å²) in [6.07, 6.45) is 0. The highest BCUT2D eigenvalue weighted by atomic mass is 19.1. The molecule has 0 saturated carbocycles. The van der Waals surface area contributed by atoms with Gasteiger partial charge < -0.3 is 10.2 Å². The number of benzene rings is 1. The molecule has 1 N–H and O–H groups in total. The molecule has 1 saturated heterocycles. The minimum atomic E-state index is -0.563. The van der Waals surface area contributed by atoms with Crippen molar-refractivity contribution in [1.82, 2.24) is 10.2 Å². The van der Waals surface area contributed by atoms with Crippen molar-refractivity contribution in [3.8, 4) is 0 Å². The SMILES string of the molecule is Cc1ccc(C(=O)N2CCNC(=O)C2C)c(F)c1. The van der Waals surface area contributed by atoms with Crippen molar-refractivity contribution in [3.05, 3.63) is 35.1 Å². The second-order valence-corrected chi connectivity index (χ2v) is 4.45. The molecular formula is C13H15FN2O2. The molecule has 1 heterocycles. The lowest BCUT2D eigenvalue weighted by Crippen LogP contribution is -2.55. The van der Waals surface area contributed by atoms with Crippen LogP contribution in [0.3, 0.4) is 0 Å². The third-order valence-corrected chi connectivity index (χ3v) is 3.11. The maximum Gasteiger partial charge on any atom is 0.257 e. The number of piperazine rings is 1. The van der Waals surface area contributed by atoms with Gasteiger partial charge in [0, 0.05) is 13.1 Å². The highest BCUT2D eigenvalue weighted by Gasteiger charge is 2.30. The molecule has 1 aromatic rings. The monoisotopic (exact) mass is 250 g/mol. The molecule has 1 fully saturated rings. The quantitative estimate of drug-likeness (QED) is 0.811. The van der Waals surface area contributed by atoms with E-state index in [1.807, 2.05) is 0 Å². The van der Waals surface area contributed by atoms with Crippen LogP contribution >= 0.6 is 0 Å². The Bertz CT molecular complexity index is 502. The van der Waals surface area contributed by atoms with E-state index in [4.69, 9.17) is 0 Å². The van der Waals surface area contributed by atoms with E-state index in [0.29, 0.717) is 13.1 Å². The molecule has 1 unspecified atom stereocenters. The molecule has 1 aliphatic rings. The van der Waals surface area contributed by atoms with Crippen LogP contribution in [0.25, 0.3) is 0 Å². The van der Waals surface area contributed by atoms with Gasteiger partial charge in [-0.1, -0.05) is 6.07 Å². The molecule has 96 valence electrons. The van der Waals surface area contributed by atoms with Gasteiger partial charge in [0.1, 0.15) is 11.9 Å². The molecule has 2 amide bonds. The van der Waals surface area contributed by atoms with Crippen LogP contribution in [-0.4, -0.2) is 35.8 Å². The van der Waals surface area contributed by atoms with Crippen LogP contribution in [0.4, 0.5) is 4.39 Å². The van der Waals surface area contributed by atoms with Crippen LogP contribution in [0.1, 0.15) is 22.8 Å². The molecule has 1 atom stereocenters. The molecule has 0 spiro atoms. The van der Waals surface area contributed by atoms with Gasteiger partial charge in [0.15, 0.2) is 0 Å². The summed E-state index contributed by atoms with van der Waals surface area (Å²) in [6, 6.07) is 3.91. The van der Waals surface area contributed by atoms with Crippen molar-refractivity contribution in [1.29, 1.82) is 0 Å². The van der Waals surface area contributed by atoms with Crippen LogP contribution < -0.4 is 5.32 Å². The smallest absolute Gasteiger partial charge is 0.257 e. The number of aryl methyl sites for hydroxylation is 1. The Labute approximate surface area is 105 Å². The van der Waals surface area contributed by atoms with E-state index in [1.54, 1.807) is 19.9 Å². The molecule has 1 aromatic carbocycles. The van der Waals surface area contributed by atoms with Gasteiger partial charge in [0.25, 0.3) is 5.91 Å². The molecule has 4 nitrogen and oxygen atoms in total. The van der Waals surface area contributed by atoms with Gasteiger partial charge in [-0.05, 0) is 31.5 Å². The van der Waals surface area contributed by atoms with Gasteiger partial charge in [-0.25, -0.2) is 4.39 Å². The Balaban J connectivity index is 2.28. The van der Waals surface area contributed by atoms with Crippen molar-refractivity contribution in [2.75, 3.05) is 13.1 Å². The Morgan fingerprint density at radius 2 is 2.22 bits per heavy atom. The predicted molar refractivity (Wildman–Crippen MR) is 64.6 cm³/mol. The zero-order valence-corrected chi connectivity index (χ0v) is 10.4. The number of hydrogen-bond donors (Lipinski definition) is 1. The Morgan fingerprint density at radius 3 is 2.89 bits per heavy atom. The maximum absolute atomic E-state index is 13.7. The average Bonchev–Trinajstić information content (AvgIpc) is 2.32. The number of rotatable bonds is 1. The third kappa shape index (κ3) is 2.20. The van der Waals surface area contributed by atoms with Gasteiger partial charge >= 0.3 is 0 Å². The van der Waals surface area contributed by atoms with E-state index in [-0.39, 0.29) is 11.5 Å². The number of nitrogens with one attached hydrogen (secondary N) is 1. The highest BCUT2D eigenvalue weighted by molar-refractivity contribution is 5.98. The predicted octanol–water partition coefficient (Wildman–Crippen LogP) is 1.09. The summed E-state index contributed by atoms with van der Waals surface area (Å²) in [4.78, 5) is 25.1. The summed E-state index contributed by atoms with van der Waals surface area (Å²) in [5.74, 6) is -1.19. The maximum atomic E-state index is 13.7. The zero-order chi connectivity index (χ0) is 13.3. The molecular weight excluding hydrogens is 235 g/mol. The van der Waals surface area contributed by atoms with Crippen LogP contribution in [0, 0.1) is 12.7 Å².